The number of nitrogens with one attached hydrogen (secondary N) is 1. The highest BCUT2D eigenvalue weighted by molar-refractivity contribution is 5.75. The Morgan fingerprint density at radius 3 is 3.18 bits per heavy atom. The average Bonchev–Trinajstić information content (AvgIpc) is 2.72. The smallest absolute Gasteiger partial charge is 0.223 e. The molecule has 0 saturated heterocycles. The van der Waals surface area contributed by atoms with Gasteiger partial charge in [-0.1, -0.05) is 12.1 Å². The minimum Gasteiger partial charge on any atom is -0.493 e. The van der Waals surface area contributed by atoms with E-state index in [1.807, 2.05) is 12.1 Å². The van der Waals surface area contributed by atoms with E-state index in [1.165, 1.54) is 11.1 Å². The Kier molecular flexibility index (Phi) is 3.64. The maximum absolute atomic E-state index is 11.1. The fourth-order valence-corrected chi connectivity index (χ4v) is 2.17. The van der Waals surface area contributed by atoms with Crippen LogP contribution in [0.25, 0.3) is 0 Å². The molecular weight excluding hydrogens is 216 g/mol. The number of benzene rings is 1. The van der Waals surface area contributed by atoms with Gasteiger partial charge < -0.3 is 15.8 Å². The zero-order valence-electron chi connectivity index (χ0n) is 10.0. The highest BCUT2D eigenvalue weighted by atomic mass is 16.5. The first-order chi connectivity index (χ1) is 8.22. The van der Waals surface area contributed by atoms with Crippen LogP contribution in [0.1, 0.15) is 30.0 Å². The molecule has 92 valence electrons. The molecular formula is C13H18N2O2. The molecule has 1 unspecified atom stereocenters. The van der Waals surface area contributed by atoms with Crippen LogP contribution in [0.4, 0.5) is 0 Å². The first-order valence-corrected chi connectivity index (χ1v) is 5.93. The van der Waals surface area contributed by atoms with Crippen molar-refractivity contribution >= 4 is 5.91 Å². The highest BCUT2D eigenvalue weighted by Crippen LogP contribution is 2.35. The summed E-state index contributed by atoms with van der Waals surface area (Å²) in [4.78, 5) is 11.1. The fraction of sp³-hybridized carbons (Fsp3) is 0.462. The molecule has 0 heterocycles. The number of carbonyl (C=O) groups excluding carboxylic acids is 1. The van der Waals surface area contributed by atoms with Crippen LogP contribution < -0.4 is 15.8 Å². The average molecular weight is 234 g/mol. The number of ether oxygens (including phenoxy) is 1. The molecule has 2 rings (SSSR count). The monoisotopic (exact) mass is 234 g/mol. The minimum absolute atomic E-state index is 0.00530. The largest absolute Gasteiger partial charge is 0.493 e. The Morgan fingerprint density at radius 1 is 1.59 bits per heavy atom. The summed E-state index contributed by atoms with van der Waals surface area (Å²) in [5.74, 6) is 0.869. The molecule has 4 heteroatoms. The van der Waals surface area contributed by atoms with Gasteiger partial charge in [-0.25, -0.2) is 0 Å². The van der Waals surface area contributed by atoms with Gasteiger partial charge in [0.05, 0.1) is 13.0 Å². The third-order valence-corrected chi connectivity index (χ3v) is 3.14. The molecule has 0 radical (unpaired) electrons. The van der Waals surface area contributed by atoms with Crippen molar-refractivity contribution in [3.05, 3.63) is 29.3 Å². The number of amides is 1. The van der Waals surface area contributed by atoms with Crippen molar-refractivity contribution in [3.63, 3.8) is 0 Å². The zero-order chi connectivity index (χ0) is 12.3. The van der Waals surface area contributed by atoms with Crippen LogP contribution in [0.15, 0.2) is 18.2 Å². The van der Waals surface area contributed by atoms with Gasteiger partial charge in [-0.15, -0.1) is 0 Å². The molecule has 0 bridgehead atoms. The number of hydrogen-bond acceptors (Lipinski definition) is 3. The Morgan fingerprint density at radius 2 is 2.41 bits per heavy atom. The summed E-state index contributed by atoms with van der Waals surface area (Å²) >= 11 is 0. The van der Waals surface area contributed by atoms with E-state index in [0.29, 0.717) is 13.0 Å². The predicted octanol–water partition coefficient (Wildman–Crippen LogP) is 1.15. The van der Waals surface area contributed by atoms with E-state index >= 15 is 0 Å². The lowest BCUT2D eigenvalue weighted by Gasteiger charge is -2.11. The summed E-state index contributed by atoms with van der Waals surface area (Å²) in [5.41, 5.74) is 8.38. The van der Waals surface area contributed by atoms with Gasteiger partial charge in [0.2, 0.25) is 5.91 Å². The Hall–Kier alpha value is -1.55. The second-order valence-corrected chi connectivity index (χ2v) is 4.24. The van der Waals surface area contributed by atoms with Crippen molar-refractivity contribution < 1.29 is 9.53 Å². The molecule has 1 amide bonds. The van der Waals surface area contributed by atoms with E-state index in [-0.39, 0.29) is 11.9 Å². The van der Waals surface area contributed by atoms with E-state index < -0.39 is 0 Å². The molecule has 1 atom stereocenters. The van der Waals surface area contributed by atoms with Crippen molar-refractivity contribution in [2.75, 3.05) is 13.7 Å². The topological polar surface area (TPSA) is 64.3 Å². The summed E-state index contributed by atoms with van der Waals surface area (Å²) in [6, 6.07) is 6.09. The van der Waals surface area contributed by atoms with Crippen LogP contribution in [0.5, 0.6) is 5.75 Å². The maximum Gasteiger partial charge on any atom is 0.223 e. The van der Waals surface area contributed by atoms with Crippen molar-refractivity contribution in [1.29, 1.82) is 0 Å². The first kappa shape index (κ1) is 11.9. The molecule has 1 aromatic rings. The van der Waals surface area contributed by atoms with Crippen LogP contribution >= 0.6 is 0 Å². The van der Waals surface area contributed by atoms with E-state index in [4.69, 9.17) is 10.5 Å². The Bertz CT molecular complexity index is 418. The molecule has 0 aromatic heterocycles. The molecule has 0 saturated carbocycles. The number of carbonyl (C=O) groups is 1. The van der Waals surface area contributed by atoms with Crippen molar-refractivity contribution in [3.8, 4) is 5.75 Å². The highest BCUT2D eigenvalue weighted by Gasteiger charge is 2.21. The van der Waals surface area contributed by atoms with Gasteiger partial charge in [0.1, 0.15) is 5.75 Å². The number of nitrogens with two attached hydrogens (primary N) is 1. The SMILES string of the molecule is CNC(=O)CCOc1cccc2c1CCC2N. The normalized spacial score (nSPS) is 17.6. The molecule has 0 spiro atoms. The fourth-order valence-electron chi connectivity index (χ4n) is 2.17. The Balaban J connectivity index is 2.00. The number of fused-ring (bicyclic) bond motifs is 1. The molecule has 1 aromatic carbocycles. The summed E-state index contributed by atoms with van der Waals surface area (Å²) in [6.07, 6.45) is 2.32. The number of hydrogen-bond donors (Lipinski definition) is 2. The molecule has 4 nitrogen and oxygen atoms in total. The molecule has 1 aliphatic rings. The summed E-state index contributed by atoms with van der Waals surface area (Å²) in [7, 11) is 1.63. The van der Waals surface area contributed by atoms with Gasteiger partial charge in [-0.05, 0) is 30.0 Å². The minimum atomic E-state index is -0.00530. The third kappa shape index (κ3) is 2.58. The quantitative estimate of drug-likeness (QED) is 0.821. The van der Waals surface area contributed by atoms with Crippen molar-refractivity contribution in [2.24, 2.45) is 5.73 Å². The Labute approximate surface area is 101 Å². The second-order valence-electron chi connectivity index (χ2n) is 4.24. The van der Waals surface area contributed by atoms with E-state index in [0.717, 1.165) is 18.6 Å². The van der Waals surface area contributed by atoms with Crippen molar-refractivity contribution in [2.45, 2.75) is 25.3 Å². The van der Waals surface area contributed by atoms with Gasteiger partial charge in [-0.2, -0.15) is 0 Å². The maximum atomic E-state index is 11.1. The molecule has 0 aliphatic heterocycles. The molecule has 3 N–H and O–H groups in total. The van der Waals surface area contributed by atoms with Gasteiger partial charge in [0.25, 0.3) is 0 Å². The summed E-state index contributed by atoms with van der Waals surface area (Å²) in [6.45, 7) is 0.408. The van der Waals surface area contributed by atoms with Crippen LogP contribution in [0, 0.1) is 0 Å². The predicted molar refractivity (Wildman–Crippen MR) is 65.9 cm³/mol. The van der Waals surface area contributed by atoms with Crippen LogP contribution in [-0.2, 0) is 11.2 Å². The van der Waals surface area contributed by atoms with E-state index in [2.05, 4.69) is 11.4 Å². The lowest BCUT2D eigenvalue weighted by atomic mass is 10.1. The van der Waals surface area contributed by atoms with Gasteiger partial charge in [-0.3, -0.25) is 4.79 Å². The van der Waals surface area contributed by atoms with Crippen LogP contribution in [-0.4, -0.2) is 19.6 Å². The standard InChI is InChI=1S/C13H18N2O2/c1-15-13(16)7-8-17-12-4-2-3-9-10(12)5-6-11(9)14/h2-4,11H,5-8,14H2,1H3,(H,15,16). The summed E-state index contributed by atoms with van der Waals surface area (Å²) in [5, 5.41) is 2.57. The first-order valence-electron chi connectivity index (χ1n) is 5.93. The van der Waals surface area contributed by atoms with Gasteiger partial charge in [0, 0.05) is 13.1 Å². The van der Waals surface area contributed by atoms with Crippen molar-refractivity contribution in [1.82, 2.24) is 5.32 Å². The van der Waals surface area contributed by atoms with Crippen LogP contribution in [0.3, 0.4) is 0 Å². The molecule has 1 aliphatic carbocycles. The number of rotatable bonds is 4. The zero-order valence-corrected chi connectivity index (χ0v) is 10.0. The van der Waals surface area contributed by atoms with Crippen LogP contribution in [0.2, 0.25) is 0 Å². The third-order valence-electron chi connectivity index (χ3n) is 3.14. The van der Waals surface area contributed by atoms with Gasteiger partial charge >= 0.3 is 0 Å². The second kappa shape index (κ2) is 5.19. The molecule has 0 fully saturated rings. The van der Waals surface area contributed by atoms with E-state index in [9.17, 15) is 4.79 Å². The summed E-state index contributed by atoms with van der Waals surface area (Å²) < 4.78 is 5.65. The van der Waals surface area contributed by atoms with Gasteiger partial charge in [0.15, 0.2) is 0 Å². The lowest BCUT2D eigenvalue weighted by Crippen LogP contribution is -2.20. The lowest BCUT2D eigenvalue weighted by molar-refractivity contribution is -0.121. The molecule has 17 heavy (non-hydrogen) atoms. The van der Waals surface area contributed by atoms with E-state index in [1.54, 1.807) is 7.05 Å².